The summed E-state index contributed by atoms with van der Waals surface area (Å²) in [6, 6.07) is 3.36. The van der Waals surface area contributed by atoms with Crippen LogP contribution in [0.2, 0.25) is 5.02 Å². The van der Waals surface area contributed by atoms with Crippen molar-refractivity contribution in [2.75, 3.05) is 13.7 Å². The molecular weight excluding hydrogens is 270 g/mol. The molecule has 102 valence electrons. The van der Waals surface area contributed by atoms with Crippen molar-refractivity contribution in [3.05, 3.63) is 28.3 Å². The Morgan fingerprint density at radius 3 is 2.95 bits per heavy atom. The molecule has 1 aromatic rings. The maximum Gasteiger partial charge on any atom is 0.303 e. The lowest BCUT2D eigenvalue weighted by Gasteiger charge is -2.08. The number of amides is 1. The molecule has 0 radical (unpaired) electrons. The fourth-order valence-corrected chi connectivity index (χ4v) is 2.19. The predicted molar refractivity (Wildman–Crippen MR) is 69.6 cm³/mol. The van der Waals surface area contributed by atoms with Crippen LogP contribution in [0.4, 0.5) is 0 Å². The van der Waals surface area contributed by atoms with Crippen LogP contribution in [0.1, 0.15) is 28.8 Å². The van der Waals surface area contributed by atoms with Crippen molar-refractivity contribution in [1.29, 1.82) is 0 Å². The Hall–Kier alpha value is -1.75. The quantitative estimate of drug-likeness (QED) is 0.841. The van der Waals surface area contributed by atoms with E-state index in [-0.39, 0.29) is 18.9 Å². The van der Waals surface area contributed by atoms with Crippen LogP contribution in [0.5, 0.6) is 5.75 Å². The van der Waals surface area contributed by atoms with E-state index < -0.39 is 5.97 Å². The molecule has 19 heavy (non-hydrogen) atoms. The number of carbonyl (C=O) groups excluding carboxylic acids is 1. The molecule has 0 unspecified atom stereocenters. The Bertz CT molecular complexity index is 530. The van der Waals surface area contributed by atoms with Crippen LogP contribution in [0, 0.1) is 0 Å². The van der Waals surface area contributed by atoms with E-state index >= 15 is 0 Å². The molecular formula is C13H14ClNO4. The molecule has 0 saturated carbocycles. The van der Waals surface area contributed by atoms with Crippen molar-refractivity contribution in [3.8, 4) is 5.75 Å². The number of hydrogen-bond acceptors (Lipinski definition) is 3. The van der Waals surface area contributed by atoms with Crippen molar-refractivity contribution < 1.29 is 19.4 Å². The largest absolute Gasteiger partial charge is 0.492 e. The molecule has 0 fully saturated rings. The van der Waals surface area contributed by atoms with Crippen LogP contribution in [0.3, 0.4) is 0 Å². The summed E-state index contributed by atoms with van der Waals surface area (Å²) in [5.74, 6) is -0.404. The molecule has 0 aliphatic carbocycles. The summed E-state index contributed by atoms with van der Waals surface area (Å²) in [5, 5.41) is 8.90. The first-order chi connectivity index (χ1) is 8.99. The maximum absolute atomic E-state index is 11.8. The van der Waals surface area contributed by atoms with E-state index in [4.69, 9.17) is 21.4 Å². The second-order valence-corrected chi connectivity index (χ2v) is 4.85. The van der Waals surface area contributed by atoms with Crippen molar-refractivity contribution in [3.63, 3.8) is 0 Å². The first-order valence-corrected chi connectivity index (χ1v) is 6.29. The van der Waals surface area contributed by atoms with Crippen molar-refractivity contribution in [2.45, 2.75) is 19.4 Å². The third kappa shape index (κ3) is 2.98. The van der Waals surface area contributed by atoms with E-state index in [1.807, 2.05) is 0 Å². The number of aliphatic carboxylic acids is 1. The van der Waals surface area contributed by atoms with Crippen LogP contribution in [0.15, 0.2) is 12.1 Å². The van der Waals surface area contributed by atoms with Crippen molar-refractivity contribution >= 4 is 23.5 Å². The fraction of sp³-hybridized carbons (Fsp3) is 0.385. The van der Waals surface area contributed by atoms with Crippen LogP contribution in [-0.2, 0) is 11.3 Å². The van der Waals surface area contributed by atoms with Crippen LogP contribution >= 0.6 is 11.6 Å². The van der Waals surface area contributed by atoms with Gasteiger partial charge < -0.3 is 14.7 Å². The lowest BCUT2D eigenvalue weighted by molar-refractivity contribution is -0.137. The number of benzene rings is 1. The van der Waals surface area contributed by atoms with Gasteiger partial charge in [0.15, 0.2) is 0 Å². The minimum Gasteiger partial charge on any atom is -0.492 e. The third-order valence-corrected chi connectivity index (χ3v) is 3.23. The van der Waals surface area contributed by atoms with Crippen LogP contribution < -0.4 is 4.74 Å². The number of carboxylic acids is 1. The van der Waals surface area contributed by atoms with E-state index in [0.717, 1.165) is 5.56 Å². The second kappa shape index (κ2) is 5.48. The van der Waals surface area contributed by atoms with Gasteiger partial charge in [-0.25, -0.2) is 0 Å². The van der Waals surface area contributed by atoms with Crippen molar-refractivity contribution in [2.24, 2.45) is 0 Å². The van der Waals surface area contributed by atoms with E-state index in [0.29, 0.717) is 29.3 Å². The lowest BCUT2D eigenvalue weighted by Crippen LogP contribution is -2.17. The van der Waals surface area contributed by atoms with Gasteiger partial charge >= 0.3 is 5.97 Å². The van der Waals surface area contributed by atoms with E-state index in [1.165, 1.54) is 0 Å². The number of rotatable bonds is 5. The number of carboxylic acid groups (broad SMARTS) is 1. The number of hydrogen-bond donors (Lipinski definition) is 1. The van der Waals surface area contributed by atoms with Gasteiger partial charge in [0.05, 0.1) is 11.6 Å². The Balaban J connectivity index is 2.05. The van der Waals surface area contributed by atoms with Gasteiger partial charge in [-0.3, -0.25) is 9.59 Å². The fourth-order valence-electron chi connectivity index (χ4n) is 1.97. The lowest BCUT2D eigenvalue weighted by atomic mass is 10.1. The molecule has 1 aromatic carbocycles. The summed E-state index contributed by atoms with van der Waals surface area (Å²) >= 11 is 6.05. The van der Waals surface area contributed by atoms with Crippen molar-refractivity contribution in [1.82, 2.24) is 4.90 Å². The van der Waals surface area contributed by atoms with Gasteiger partial charge in [0.2, 0.25) is 0 Å². The summed E-state index contributed by atoms with van der Waals surface area (Å²) in [4.78, 5) is 23.7. The molecule has 0 saturated heterocycles. The first kappa shape index (κ1) is 13.7. The van der Waals surface area contributed by atoms with E-state index in [9.17, 15) is 9.59 Å². The molecule has 0 aromatic heterocycles. The summed E-state index contributed by atoms with van der Waals surface area (Å²) in [6.07, 6.45) is 0.478. The molecule has 0 atom stereocenters. The normalized spacial score (nSPS) is 13.6. The second-order valence-electron chi connectivity index (χ2n) is 4.45. The smallest absolute Gasteiger partial charge is 0.303 e. The van der Waals surface area contributed by atoms with Crippen LogP contribution in [-0.4, -0.2) is 35.5 Å². The SMILES string of the molecule is CN1Cc2cc(OCCCC(=O)O)c(Cl)cc2C1=O. The first-order valence-electron chi connectivity index (χ1n) is 5.91. The summed E-state index contributed by atoms with van der Waals surface area (Å²) in [6.45, 7) is 0.825. The number of halogens is 1. The molecule has 2 rings (SSSR count). The zero-order valence-electron chi connectivity index (χ0n) is 10.5. The minimum absolute atomic E-state index is 0.0469. The standard InChI is InChI=1S/C13H14ClNO4/c1-15-7-8-5-11(19-4-2-3-12(16)17)10(14)6-9(8)13(15)18/h5-6H,2-4,7H2,1H3,(H,16,17). The van der Waals surface area contributed by atoms with Gasteiger partial charge in [0.25, 0.3) is 5.91 Å². The molecule has 0 bridgehead atoms. The molecule has 6 heteroatoms. The number of ether oxygens (including phenoxy) is 1. The van der Waals surface area contributed by atoms with Gasteiger partial charge in [0.1, 0.15) is 5.75 Å². The Morgan fingerprint density at radius 2 is 2.26 bits per heavy atom. The average Bonchev–Trinajstić information content (AvgIpc) is 2.61. The zero-order valence-corrected chi connectivity index (χ0v) is 11.2. The average molecular weight is 284 g/mol. The molecule has 0 spiro atoms. The van der Waals surface area contributed by atoms with Gasteiger partial charge in [0, 0.05) is 25.6 Å². The van der Waals surface area contributed by atoms with Gasteiger partial charge in [-0.05, 0) is 24.1 Å². The Kier molecular flexibility index (Phi) is 3.95. The third-order valence-electron chi connectivity index (χ3n) is 2.93. The highest BCUT2D eigenvalue weighted by Crippen LogP contribution is 2.32. The molecule has 5 nitrogen and oxygen atoms in total. The van der Waals surface area contributed by atoms with Gasteiger partial charge in [-0.2, -0.15) is 0 Å². The molecule has 1 heterocycles. The van der Waals surface area contributed by atoms with Gasteiger partial charge in [-0.15, -0.1) is 0 Å². The van der Waals surface area contributed by atoms with Crippen LogP contribution in [0.25, 0.3) is 0 Å². The zero-order chi connectivity index (χ0) is 14.0. The number of carbonyl (C=O) groups is 2. The molecule has 1 aliphatic rings. The summed E-state index contributed by atoms with van der Waals surface area (Å²) < 4.78 is 5.46. The highest BCUT2D eigenvalue weighted by molar-refractivity contribution is 6.32. The number of fused-ring (bicyclic) bond motifs is 1. The molecule has 1 amide bonds. The van der Waals surface area contributed by atoms with E-state index in [2.05, 4.69) is 0 Å². The Morgan fingerprint density at radius 1 is 1.53 bits per heavy atom. The summed E-state index contributed by atoms with van der Waals surface area (Å²) in [5.41, 5.74) is 1.48. The van der Waals surface area contributed by atoms with E-state index in [1.54, 1.807) is 24.1 Å². The highest BCUT2D eigenvalue weighted by Gasteiger charge is 2.26. The monoisotopic (exact) mass is 283 g/mol. The minimum atomic E-state index is -0.851. The predicted octanol–water partition coefficient (Wildman–Crippen LogP) is 2.17. The van der Waals surface area contributed by atoms with Gasteiger partial charge in [-0.1, -0.05) is 11.6 Å². The summed E-state index contributed by atoms with van der Waals surface area (Å²) in [7, 11) is 1.73. The molecule has 1 aliphatic heterocycles. The number of nitrogens with zero attached hydrogens (tertiary/aromatic N) is 1. The maximum atomic E-state index is 11.8. The Labute approximate surface area is 115 Å². The highest BCUT2D eigenvalue weighted by atomic mass is 35.5. The molecule has 1 N–H and O–H groups in total. The topological polar surface area (TPSA) is 66.8 Å².